The SMILES string of the molecule is COc1ccc(C2CCCN2C(=O)c2cnn(C)c2)c(OC)c1. The van der Waals surface area contributed by atoms with Crippen LogP contribution in [-0.2, 0) is 7.05 Å². The molecule has 0 N–H and O–H groups in total. The first kappa shape index (κ1) is 15.4. The van der Waals surface area contributed by atoms with Gasteiger partial charge in [-0.2, -0.15) is 5.10 Å². The van der Waals surface area contributed by atoms with Gasteiger partial charge in [0, 0.05) is 31.4 Å². The molecule has 1 aliphatic heterocycles. The van der Waals surface area contributed by atoms with Crippen molar-refractivity contribution >= 4 is 5.91 Å². The highest BCUT2D eigenvalue weighted by molar-refractivity contribution is 5.94. The Labute approximate surface area is 135 Å². The fourth-order valence-corrected chi connectivity index (χ4v) is 3.12. The fraction of sp³-hybridized carbons (Fsp3) is 0.412. The highest BCUT2D eigenvalue weighted by Gasteiger charge is 2.33. The highest BCUT2D eigenvalue weighted by atomic mass is 16.5. The minimum Gasteiger partial charge on any atom is -0.497 e. The molecular formula is C17H21N3O3. The summed E-state index contributed by atoms with van der Waals surface area (Å²) in [4.78, 5) is 14.7. The number of carbonyl (C=O) groups is 1. The van der Waals surface area contributed by atoms with Crippen molar-refractivity contribution in [3.8, 4) is 11.5 Å². The lowest BCUT2D eigenvalue weighted by Crippen LogP contribution is -2.30. The van der Waals surface area contributed by atoms with Crippen LogP contribution < -0.4 is 9.47 Å². The van der Waals surface area contributed by atoms with Gasteiger partial charge in [0.25, 0.3) is 5.91 Å². The van der Waals surface area contributed by atoms with E-state index >= 15 is 0 Å². The maximum absolute atomic E-state index is 12.8. The number of aryl methyl sites for hydroxylation is 1. The number of rotatable bonds is 4. The molecule has 1 aromatic carbocycles. The third-order valence-electron chi connectivity index (χ3n) is 4.27. The van der Waals surface area contributed by atoms with Gasteiger partial charge in [-0.15, -0.1) is 0 Å². The maximum Gasteiger partial charge on any atom is 0.257 e. The Morgan fingerprint density at radius 2 is 2.13 bits per heavy atom. The second-order valence-corrected chi connectivity index (χ2v) is 5.67. The molecule has 1 amide bonds. The van der Waals surface area contributed by atoms with E-state index in [-0.39, 0.29) is 11.9 Å². The first-order valence-electron chi connectivity index (χ1n) is 7.65. The fourth-order valence-electron chi connectivity index (χ4n) is 3.12. The summed E-state index contributed by atoms with van der Waals surface area (Å²) in [5, 5.41) is 4.09. The van der Waals surface area contributed by atoms with Gasteiger partial charge in [0.1, 0.15) is 11.5 Å². The number of aromatic nitrogens is 2. The predicted molar refractivity (Wildman–Crippen MR) is 85.8 cm³/mol. The van der Waals surface area contributed by atoms with Crippen molar-refractivity contribution in [2.24, 2.45) is 7.05 Å². The number of benzene rings is 1. The molecule has 1 aromatic heterocycles. The number of carbonyl (C=O) groups excluding carboxylic acids is 1. The Morgan fingerprint density at radius 3 is 2.78 bits per heavy atom. The third-order valence-corrected chi connectivity index (χ3v) is 4.27. The molecule has 1 aliphatic rings. The van der Waals surface area contributed by atoms with Gasteiger partial charge in [-0.25, -0.2) is 0 Å². The van der Waals surface area contributed by atoms with E-state index in [1.165, 1.54) is 0 Å². The van der Waals surface area contributed by atoms with E-state index in [0.29, 0.717) is 5.56 Å². The lowest BCUT2D eigenvalue weighted by Gasteiger charge is -2.26. The predicted octanol–water partition coefficient (Wildman–Crippen LogP) is 2.41. The van der Waals surface area contributed by atoms with E-state index in [1.807, 2.05) is 30.1 Å². The van der Waals surface area contributed by atoms with E-state index in [2.05, 4.69) is 5.10 Å². The number of hydrogen-bond acceptors (Lipinski definition) is 4. The third kappa shape index (κ3) is 2.88. The topological polar surface area (TPSA) is 56.6 Å². The summed E-state index contributed by atoms with van der Waals surface area (Å²) in [7, 11) is 5.08. The molecular weight excluding hydrogens is 294 g/mol. The van der Waals surface area contributed by atoms with Crippen LogP contribution in [-0.4, -0.2) is 41.4 Å². The van der Waals surface area contributed by atoms with Gasteiger partial charge < -0.3 is 14.4 Å². The lowest BCUT2D eigenvalue weighted by atomic mass is 10.0. The van der Waals surface area contributed by atoms with E-state index in [9.17, 15) is 4.79 Å². The number of ether oxygens (including phenoxy) is 2. The van der Waals surface area contributed by atoms with Crippen LogP contribution in [0.15, 0.2) is 30.6 Å². The van der Waals surface area contributed by atoms with E-state index < -0.39 is 0 Å². The molecule has 1 unspecified atom stereocenters. The molecule has 122 valence electrons. The van der Waals surface area contributed by atoms with Gasteiger partial charge in [0.05, 0.1) is 32.0 Å². The summed E-state index contributed by atoms with van der Waals surface area (Å²) < 4.78 is 12.4. The van der Waals surface area contributed by atoms with Crippen molar-refractivity contribution < 1.29 is 14.3 Å². The molecule has 2 heterocycles. The molecule has 1 saturated heterocycles. The molecule has 6 heteroatoms. The minimum atomic E-state index is 0.0125. The Bertz CT molecular complexity index is 711. The summed E-state index contributed by atoms with van der Waals surface area (Å²) in [5.41, 5.74) is 1.63. The molecule has 23 heavy (non-hydrogen) atoms. The zero-order valence-corrected chi connectivity index (χ0v) is 13.7. The van der Waals surface area contributed by atoms with Crippen LogP contribution in [0.25, 0.3) is 0 Å². The zero-order chi connectivity index (χ0) is 16.4. The Morgan fingerprint density at radius 1 is 1.30 bits per heavy atom. The van der Waals surface area contributed by atoms with Crippen LogP contribution in [0.2, 0.25) is 0 Å². The Kier molecular flexibility index (Phi) is 4.23. The average Bonchev–Trinajstić information content (AvgIpc) is 3.22. The summed E-state index contributed by atoms with van der Waals surface area (Å²) in [6.07, 6.45) is 5.27. The largest absolute Gasteiger partial charge is 0.497 e. The molecule has 0 radical (unpaired) electrons. The van der Waals surface area contributed by atoms with Gasteiger partial charge in [-0.1, -0.05) is 0 Å². The lowest BCUT2D eigenvalue weighted by molar-refractivity contribution is 0.0734. The molecule has 6 nitrogen and oxygen atoms in total. The van der Waals surface area contributed by atoms with Crippen molar-refractivity contribution in [1.29, 1.82) is 0 Å². The smallest absolute Gasteiger partial charge is 0.257 e. The van der Waals surface area contributed by atoms with Gasteiger partial charge in [-0.05, 0) is 25.0 Å². The quantitative estimate of drug-likeness (QED) is 0.869. The standard InChI is InChI=1S/C17H21N3O3/c1-19-11-12(10-18-19)17(21)20-8-4-5-15(20)14-7-6-13(22-2)9-16(14)23-3/h6-7,9-11,15H,4-5,8H2,1-3H3. The summed E-state index contributed by atoms with van der Waals surface area (Å²) >= 11 is 0. The summed E-state index contributed by atoms with van der Waals surface area (Å²) in [6, 6.07) is 5.77. The van der Waals surface area contributed by atoms with Gasteiger partial charge in [-0.3, -0.25) is 9.48 Å². The second-order valence-electron chi connectivity index (χ2n) is 5.67. The van der Waals surface area contributed by atoms with E-state index in [4.69, 9.17) is 9.47 Å². The van der Waals surface area contributed by atoms with Crippen LogP contribution in [0.1, 0.15) is 34.8 Å². The highest BCUT2D eigenvalue weighted by Crippen LogP contribution is 2.39. The van der Waals surface area contributed by atoms with Crippen LogP contribution in [0, 0.1) is 0 Å². The van der Waals surface area contributed by atoms with E-state index in [0.717, 1.165) is 36.4 Å². The normalized spacial score (nSPS) is 17.3. The first-order chi connectivity index (χ1) is 11.1. The number of nitrogens with zero attached hydrogens (tertiary/aromatic N) is 3. The molecule has 0 spiro atoms. The van der Waals surface area contributed by atoms with Gasteiger partial charge in [0.15, 0.2) is 0 Å². The molecule has 1 atom stereocenters. The maximum atomic E-state index is 12.8. The van der Waals surface area contributed by atoms with Crippen molar-refractivity contribution in [1.82, 2.24) is 14.7 Å². The van der Waals surface area contributed by atoms with Gasteiger partial charge in [0.2, 0.25) is 0 Å². The second kappa shape index (κ2) is 6.32. The molecule has 0 bridgehead atoms. The molecule has 1 fully saturated rings. The van der Waals surface area contributed by atoms with Crippen LogP contribution in [0.3, 0.4) is 0 Å². The number of hydrogen-bond donors (Lipinski definition) is 0. The molecule has 0 saturated carbocycles. The Balaban J connectivity index is 1.91. The van der Waals surface area contributed by atoms with E-state index in [1.54, 1.807) is 31.3 Å². The minimum absolute atomic E-state index is 0.0125. The molecule has 3 rings (SSSR count). The molecule has 0 aliphatic carbocycles. The van der Waals surface area contributed by atoms with Crippen molar-refractivity contribution in [2.45, 2.75) is 18.9 Å². The van der Waals surface area contributed by atoms with Gasteiger partial charge >= 0.3 is 0 Å². The molecule has 2 aromatic rings. The van der Waals surface area contributed by atoms with Crippen molar-refractivity contribution in [3.05, 3.63) is 41.7 Å². The summed E-state index contributed by atoms with van der Waals surface area (Å²) in [6.45, 7) is 0.744. The number of likely N-dealkylation sites (tertiary alicyclic amines) is 1. The first-order valence-corrected chi connectivity index (χ1v) is 7.65. The zero-order valence-electron chi connectivity index (χ0n) is 13.7. The average molecular weight is 315 g/mol. The van der Waals surface area contributed by atoms with Crippen LogP contribution in [0.5, 0.6) is 11.5 Å². The van der Waals surface area contributed by atoms with Crippen LogP contribution >= 0.6 is 0 Å². The van der Waals surface area contributed by atoms with Crippen molar-refractivity contribution in [3.63, 3.8) is 0 Å². The number of methoxy groups -OCH3 is 2. The van der Waals surface area contributed by atoms with Crippen LogP contribution in [0.4, 0.5) is 0 Å². The monoisotopic (exact) mass is 315 g/mol. The van der Waals surface area contributed by atoms with Crippen molar-refractivity contribution in [2.75, 3.05) is 20.8 Å². The number of amides is 1. The summed E-state index contributed by atoms with van der Waals surface area (Å²) in [5.74, 6) is 1.51. The Hall–Kier alpha value is -2.50.